The third-order valence-electron chi connectivity index (χ3n) is 4.11. The predicted molar refractivity (Wildman–Crippen MR) is 115 cm³/mol. The van der Waals surface area contributed by atoms with E-state index in [2.05, 4.69) is 31.7 Å². The minimum Gasteiger partial charge on any atom is -0.355 e. The number of aliphatic imine (C=N–C) groups is 1. The molecule has 136 valence electrons. The van der Waals surface area contributed by atoms with Gasteiger partial charge in [0, 0.05) is 49.5 Å². The summed E-state index contributed by atoms with van der Waals surface area (Å²) in [5, 5.41) is 7.51. The van der Waals surface area contributed by atoms with Gasteiger partial charge in [0.25, 0.3) is 0 Å². The monoisotopic (exact) mass is 472 g/mol. The molecule has 1 unspecified atom stereocenters. The largest absolute Gasteiger partial charge is 0.355 e. The van der Waals surface area contributed by atoms with Gasteiger partial charge in [-0.3, -0.25) is 9.56 Å². The van der Waals surface area contributed by atoms with Crippen molar-refractivity contribution in [3.05, 3.63) is 42.1 Å². The highest BCUT2D eigenvalue weighted by Gasteiger charge is 2.15. The highest BCUT2D eigenvalue weighted by Crippen LogP contribution is 2.25. The summed E-state index contributed by atoms with van der Waals surface area (Å²) in [5.74, 6) is 3.94. The number of aryl methyl sites for hydroxylation is 1. The number of aromatic nitrogens is 3. The van der Waals surface area contributed by atoms with Crippen LogP contribution >= 0.6 is 35.7 Å². The number of rotatable bonds is 5. The molecule has 3 heterocycles. The number of imidazole rings is 1. The maximum atomic E-state index is 4.51. The Morgan fingerprint density at radius 1 is 1.36 bits per heavy atom. The van der Waals surface area contributed by atoms with Gasteiger partial charge in [-0.15, -0.1) is 24.0 Å². The van der Waals surface area contributed by atoms with Gasteiger partial charge in [0.15, 0.2) is 5.96 Å². The van der Waals surface area contributed by atoms with Crippen LogP contribution in [0.5, 0.6) is 0 Å². The lowest BCUT2D eigenvalue weighted by molar-refractivity contribution is 0.724. The molecule has 25 heavy (non-hydrogen) atoms. The molecular weight excluding hydrogens is 447 g/mol. The van der Waals surface area contributed by atoms with E-state index in [0.717, 1.165) is 29.7 Å². The van der Waals surface area contributed by atoms with Crippen LogP contribution < -0.4 is 10.6 Å². The van der Waals surface area contributed by atoms with Crippen LogP contribution in [0.15, 0.2) is 35.7 Å². The van der Waals surface area contributed by atoms with Gasteiger partial charge in [-0.1, -0.05) is 6.07 Å². The zero-order chi connectivity index (χ0) is 16.8. The van der Waals surface area contributed by atoms with Gasteiger partial charge >= 0.3 is 0 Å². The Morgan fingerprint density at radius 3 is 2.92 bits per heavy atom. The first kappa shape index (κ1) is 20.0. The van der Waals surface area contributed by atoms with E-state index < -0.39 is 0 Å². The Balaban J connectivity index is 0.00000225. The molecule has 1 fully saturated rings. The van der Waals surface area contributed by atoms with Crippen molar-refractivity contribution < 1.29 is 0 Å². The molecule has 3 rings (SSSR count). The number of halogens is 1. The maximum absolute atomic E-state index is 4.51. The van der Waals surface area contributed by atoms with Crippen LogP contribution in [-0.4, -0.2) is 45.1 Å². The molecule has 0 amide bonds. The van der Waals surface area contributed by atoms with E-state index in [1.54, 1.807) is 13.2 Å². The summed E-state index contributed by atoms with van der Waals surface area (Å²) in [6.07, 6.45) is 8.16. The van der Waals surface area contributed by atoms with Crippen LogP contribution in [0.3, 0.4) is 0 Å². The van der Waals surface area contributed by atoms with Crippen molar-refractivity contribution in [2.75, 3.05) is 19.3 Å². The van der Waals surface area contributed by atoms with Crippen molar-refractivity contribution in [3.8, 4) is 5.82 Å². The zero-order valence-corrected chi connectivity index (χ0v) is 17.8. The van der Waals surface area contributed by atoms with Crippen LogP contribution in [-0.2, 0) is 6.54 Å². The number of hydrogen-bond donors (Lipinski definition) is 2. The van der Waals surface area contributed by atoms with E-state index in [-0.39, 0.29) is 24.0 Å². The molecule has 0 radical (unpaired) electrons. The van der Waals surface area contributed by atoms with Crippen LogP contribution in [0.4, 0.5) is 0 Å². The molecular formula is C17H25IN6S. The van der Waals surface area contributed by atoms with Gasteiger partial charge in [0.1, 0.15) is 11.6 Å². The maximum Gasteiger partial charge on any atom is 0.191 e. The quantitative estimate of drug-likeness (QED) is 0.398. The van der Waals surface area contributed by atoms with Gasteiger partial charge < -0.3 is 10.6 Å². The first-order valence-corrected chi connectivity index (χ1v) is 9.33. The van der Waals surface area contributed by atoms with Crippen LogP contribution in [0.2, 0.25) is 0 Å². The van der Waals surface area contributed by atoms with E-state index in [4.69, 9.17) is 0 Å². The molecule has 0 aliphatic carbocycles. The standard InChI is InChI=1S/C17H24N6S.HI/c1-13-19-8-9-23(13)16-14(5-3-7-20-16)11-21-17(18-2)22-12-15-6-4-10-24-15;/h3,5,7-9,15H,4,6,10-12H2,1-2H3,(H2,18,21,22);1H. The lowest BCUT2D eigenvalue weighted by Gasteiger charge is -2.16. The molecule has 1 aliphatic rings. The minimum atomic E-state index is 0. The number of thioether (sulfide) groups is 1. The second kappa shape index (κ2) is 10.0. The number of nitrogens with zero attached hydrogens (tertiary/aromatic N) is 4. The predicted octanol–water partition coefficient (Wildman–Crippen LogP) is 2.75. The van der Waals surface area contributed by atoms with Crippen LogP contribution in [0.1, 0.15) is 24.2 Å². The lowest BCUT2D eigenvalue weighted by atomic mass is 10.2. The molecule has 8 heteroatoms. The summed E-state index contributed by atoms with van der Waals surface area (Å²) in [6.45, 7) is 3.61. The first-order valence-electron chi connectivity index (χ1n) is 8.28. The van der Waals surface area contributed by atoms with Crippen molar-refractivity contribution >= 4 is 41.7 Å². The SMILES string of the molecule is CN=C(NCc1cccnc1-n1ccnc1C)NCC1CCCS1.I. The lowest BCUT2D eigenvalue weighted by Crippen LogP contribution is -2.39. The molecule has 1 aliphatic heterocycles. The Morgan fingerprint density at radius 2 is 2.24 bits per heavy atom. The molecule has 0 spiro atoms. The third-order valence-corrected chi connectivity index (χ3v) is 5.51. The molecule has 1 saturated heterocycles. The van der Waals surface area contributed by atoms with Crippen molar-refractivity contribution in [1.82, 2.24) is 25.2 Å². The zero-order valence-electron chi connectivity index (χ0n) is 14.6. The summed E-state index contributed by atoms with van der Waals surface area (Å²) in [4.78, 5) is 13.1. The van der Waals surface area contributed by atoms with E-state index in [1.165, 1.54) is 18.6 Å². The van der Waals surface area contributed by atoms with Crippen molar-refractivity contribution in [1.29, 1.82) is 0 Å². The Labute approximate surface area is 170 Å². The minimum absolute atomic E-state index is 0. The molecule has 2 aromatic rings. The second-order valence-electron chi connectivity index (χ2n) is 5.77. The van der Waals surface area contributed by atoms with Crippen molar-refractivity contribution in [2.24, 2.45) is 4.99 Å². The van der Waals surface area contributed by atoms with Gasteiger partial charge in [-0.2, -0.15) is 11.8 Å². The highest BCUT2D eigenvalue weighted by atomic mass is 127. The van der Waals surface area contributed by atoms with Crippen molar-refractivity contribution in [2.45, 2.75) is 31.6 Å². The Hall–Kier alpha value is -1.29. The molecule has 0 saturated carbocycles. The van der Waals surface area contributed by atoms with Gasteiger partial charge in [-0.25, -0.2) is 9.97 Å². The molecule has 2 N–H and O–H groups in total. The van der Waals surface area contributed by atoms with Gasteiger partial charge in [-0.05, 0) is 31.6 Å². The average molecular weight is 472 g/mol. The molecule has 1 atom stereocenters. The van der Waals surface area contributed by atoms with Crippen molar-refractivity contribution in [3.63, 3.8) is 0 Å². The molecule has 0 bridgehead atoms. The van der Waals surface area contributed by atoms with E-state index in [1.807, 2.05) is 41.7 Å². The Kier molecular flexibility index (Phi) is 8.01. The fourth-order valence-electron chi connectivity index (χ4n) is 2.80. The number of hydrogen-bond acceptors (Lipinski definition) is 4. The number of pyridine rings is 1. The van der Waals surface area contributed by atoms with Gasteiger partial charge in [0.2, 0.25) is 0 Å². The normalized spacial score (nSPS) is 17.2. The summed E-state index contributed by atoms with van der Waals surface area (Å²) < 4.78 is 2.00. The number of nitrogens with one attached hydrogen (secondary N) is 2. The summed E-state index contributed by atoms with van der Waals surface area (Å²) in [6, 6.07) is 4.03. The van der Waals surface area contributed by atoms with Crippen LogP contribution in [0, 0.1) is 6.92 Å². The molecule has 6 nitrogen and oxygen atoms in total. The van der Waals surface area contributed by atoms with E-state index in [9.17, 15) is 0 Å². The van der Waals surface area contributed by atoms with E-state index >= 15 is 0 Å². The summed E-state index contributed by atoms with van der Waals surface area (Å²) >= 11 is 2.05. The first-order chi connectivity index (χ1) is 11.8. The van der Waals surface area contributed by atoms with Gasteiger partial charge in [0.05, 0.1) is 0 Å². The highest BCUT2D eigenvalue weighted by molar-refractivity contribution is 14.0. The summed E-state index contributed by atoms with van der Waals surface area (Å²) in [5.41, 5.74) is 1.11. The second-order valence-corrected chi connectivity index (χ2v) is 7.18. The number of guanidine groups is 1. The van der Waals surface area contributed by atoms with E-state index in [0.29, 0.717) is 11.8 Å². The Bertz CT molecular complexity index is 696. The average Bonchev–Trinajstić information content (AvgIpc) is 3.27. The summed E-state index contributed by atoms with van der Waals surface area (Å²) in [7, 11) is 1.81. The topological polar surface area (TPSA) is 67.1 Å². The smallest absolute Gasteiger partial charge is 0.191 e. The third kappa shape index (κ3) is 5.34. The van der Waals surface area contributed by atoms with Crippen LogP contribution in [0.25, 0.3) is 5.82 Å². The molecule has 0 aromatic carbocycles. The molecule has 2 aromatic heterocycles. The fraction of sp³-hybridized carbons (Fsp3) is 0.471. The fourth-order valence-corrected chi connectivity index (χ4v) is 4.00.